The van der Waals surface area contributed by atoms with Crippen LogP contribution in [0, 0.1) is 5.82 Å². The van der Waals surface area contributed by atoms with Crippen LogP contribution in [0.4, 0.5) is 26.6 Å². The van der Waals surface area contributed by atoms with Crippen molar-refractivity contribution < 1.29 is 23.2 Å². The lowest BCUT2D eigenvalue weighted by Gasteiger charge is -2.27. The topological polar surface area (TPSA) is 142 Å². The van der Waals surface area contributed by atoms with Crippen LogP contribution in [0.3, 0.4) is 0 Å². The number of cyclic esters (lactones) is 1. The Morgan fingerprint density at radius 2 is 2.11 bits per heavy atom. The molecule has 5 rings (SSSR count). The average Bonchev–Trinajstić information content (AvgIpc) is 3.56. The number of carbonyl (C=O) groups excluding carboxylic acids is 2. The van der Waals surface area contributed by atoms with Gasteiger partial charge in [-0.3, -0.25) is 9.69 Å². The summed E-state index contributed by atoms with van der Waals surface area (Å²) in [6, 6.07) is 9.73. The standard InChI is InChI=1S/C23H23FN8O4/c24-19-9-16(31-13-17(35-23(31)34)12-27-21-5-6-29-36-21)2-3-18(19)15-1-4-20(26-11-15)30-7-8-32(28-14-30)22(33)10-25/h1-6,9,11,14,17,27H,7-8,10,12-13,25H2. The summed E-state index contributed by atoms with van der Waals surface area (Å²) in [7, 11) is 0. The van der Waals surface area contributed by atoms with E-state index in [1.54, 1.807) is 41.4 Å². The van der Waals surface area contributed by atoms with Crippen molar-refractivity contribution in [2.75, 3.05) is 47.8 Å². The Hall–Kier alpha value is -4.52. The fourth-order valence-corrected chi connectivity index (χ4v) is 3.89. The highest BCUT2D eigenvalue weighted by molar-refractivity contribution is 5.90. The van der Waals surface area contributed by atoms with Crippen LogP contribution in [-0.4, -0.2) is 72.3 Å². The number of rotatable bonds is 7. The fraction of sp³-hybridized carbons (Fsp3) is 0.261. The van der Waals surface area contributed by atoms with Crippen molar-refractivity contribution in [3.05, 3.63) is 54.6 Å². The van der Waals surface area contributed by atoms with E-state index in [-0.39, 0.29) is 19.0 Å². The van der Waals surface area contributed by atoms with Crippen molar-refractivity contribution in [1.82, 2.24) is 15.1 Å². The van der Waals surface area contributed by atoms with Crippen molar-refractivity contribution in [2.24, 2.45) is 10.8 Å². The summed E-state index contributed by atoms with van der Waals surface area (Å²) in [5.74, 6) is 0.336. The molecule has 36 heavy (non-hydrogen) atoms. The molecule has 0 aliphatic carbocycles. The number of anilines is 3. The minimum atomic E-state index is -0.549. The number of hydrogen-bond donors (Lipinski definition) is 2. The molecule has 2 amide bonds. The van der Waals surface area contributed by atoms with Gasteiger partial charge in [-0.2, -0.15) is 5.10 Å². The number of benzene rings is 1. The first kappa shape index (κ1) is 23.2. The van der Waals surface area contributed by atoms with Crippen LogP contribution >= 0.6 is 0 Å². The summed E-state index contributed by atoms with van der Waals surface area (Å²) in [6.07, 6.45) is 3.60. The second-order valence-electron chi connectivity index (χ2n) is 8.09. The predicted molar refractivity (Wildman–Crippen MR) is 129 cm³/mol. The van der Waals surface area contributed by atoms with Gasteiger partial charge in [0.1, 0.15) is 24.1 Å². The van der Waals surface area contributed by atoms with E-state index >= 15 is 4.39 Å². The molecular formula is C23H23FN8O4. The molecule has 4 heterocycles. The maximum atomic E-state index is 15.0. The molecule has 0 saturated carbocycles. The highest BCUT2D eigenvalue weighted by Gasteiger charge is 2.32. The molecule has 0 spiro atoms. The smallest absolute Gasteiger partial charge is 0.414 e. The molecule has 0 bridgehead atoms. The van der Waals surface area contributed by atoms with Crippen LogP contribution in [0.25, 0.3) is 11.1 Å². The summed E-state index contributed by atoms with van der Waals surface area (Å²) in [5.41, 5.74) is 6.69. The van der Waals surface area contributed by atoms with Gasteiger partial charge in [0.25, 0.3) is 5.91 Å². The van der Waals surface area contributed by atoms with E-state index in [9.17, 15) is 9.59 Å². The van der Waals surface area contributed by atoms with Crippen LogP contribution in [0.5, 0.6) is 0 Å². The maximum Gasteiger partial charge on any atom is 0.414 e. The van der Waals surface area contributed by atoms with E-state index in [1.807, 2.05) is 0 Å². The largest absolute Gasteiger partial charge is 0.442 e. The van der Waals surface area contributed by atoms with E-state index in [2.05, 4.69) is 20.6 Å². The summed E-state index contributed by atoms with van der Waals surface area (Å²) in [5, 5.41) is 12.0. The Morgan fingerprint density at radius 3 is 2.78 bits per heavy atom. The quantitative estimate of drug-likeness (QED) is 0.503. The second-order valence-corrected chi connectivity index (χ2v) is 8.09. The first-order chi connectivity index (χ1) is 17.5. The number of hydrogen-bond acceptors (Lipinski definition) is 10. The van der Waals surface area contributed by atoms with Crippen LogP contribution < -0.4 is 20.9 Å². The molecule has 1 saturated heterocycles. The second kappa shape index (κ2) is 10.00. The molecule has 186 valence electrons. The first-order valence-corrected chi connectivity index (χ1v) is 11.2. The Labute approximate surface area is 205 Å². The van der Waals surface area contributed by atoms with Crippen molar-refractivity contribution in [2.45, 2.75) is 6.10 Å². The van der Waals surface area contributed by atoms with E-state index in [1.165, 1.54) is 28.5 Å². The third kappa shape index (κ3) is 4.81. The number of aromatic nitrogens is 2. The van der Waals surface area contributed by atoms with Crippen LogP contribution in [-0.2, 0) is 9.53 Å². The van der Waals surface area contributed by atoms with Gasteiger partial charge in [-0.25, -0.2) is 19.2 Å². The molecule has 2 aliphatic rings. The number of hydrazone groups is 1. The maximum absolute atomic E-state index is 15.0. The van der Waals surface area contributed by atoms with Gasteiger partial charge in [0.2, 0.25) is 5.88 Å². The van der Waals surface area contributed by atoms with Crippen LogP contribution in [0.2, 0.25) is 0 Å². The van der Waals surface area contributed by atoms with Crippen molar-refractivity contribution in [3.8, 4) is 11.1 Å². The predicted octanol–water partition coefficient (Wildman–Crippen LogP) is 1.86. The summed E-state index contributed by atoms with van der Waals surface area (Å²) in [6.45, 7) is 1.39. The zero-order valence-electron chi connectivity index (χ0n) is 19.1. The van der Waals surface area contributed by atoms with Gasteiger partial charge in [0.05, 0.1) is 38.1 Å². The number of carbonyl (C=O) groups is 2. The number of amides is 2. The molecule has 1 atom stereocenters. The van der Waals surface area contributed by atoms with Crippen LogP contribution in [0.15, 0.2) is 58.4 Å². The zero-order chi connectivity index (χ0) is 25.1. The van der Waals surface area contributed by atoms with Gasteiger partial charge >= 0.3 is 6.09 Å². The number of nitrogens with zero attached hydrogens (tertiary/aromatic N) is 6. The Balaban J connectivity index is 1.24. The number of ether oxygens (including phenoxy) is 1. The summed E-state index contributed by atoms with van der Waals surface area (Å²) in [4.78, 5) is 31.6. The van der Waals surface area contributed by atoms with Gasteiger partial charge in [-0.15, -0.1) is 0 Å². The highest BCUT2D eigenvalue weighted by atomic mass is 19.1. The summed E-state index contributed by atoms with van der Waals surface area (Å²) >= 11 is 0. The molecule has 3 N–H and O–H groups in total. The Bertz CT molecular complexity index is 1270. The zero-order valence-corrected chi connectivity index (χ0v) is 19.1. The average molecular weight is 494 g/mol. The van der Waals surface area contributed by atoms with Gasteiger partial charge in [0, 0.05) is 29.9 Å². The van der Waals surface area contributed by atoms with Crippen molar-refractivity contribution >= 4 is 35.7 Å². The summed E-state index contributed by atoms with van der Waals surface area (Å²) < 4.78 is 25.4. The molecule has 0 radical (unpaired) electrons. The molecule has 2 aromatic heterocycles. The van der Waals surface area contributed by atoms with E-state index in [4.69, 9.17) is 15.0 Å². The van der Waals surface area contributed by atoms with Gasteiger partial charge in [-0.1, -0.05) is 5.16 Å². The number of pyridine rings is 1. The highest BCUT2D eigenvalue weighted by Crippen LogP contribution is 2.29. The monoisotopic (exact) mass is 494 g/mol. The minimum absolute atomic E-state index is 0.102. The number of halogens is 1. The Morgan fingerprint density at radius 1 is 1.22 bits per heavy atom. The minimum Gasteiger partial charge on any atom is -0.442 e. The van der Waals surface area contributed by atoms with Gasteiger partial charge in [0.15, 0.2) is 0 Å². The lowest BCUT2D eigenvalue weighted by molar-refractivity contribution is -0.129. The third-order valence-corrected chi connectivity index (χ3v) is 5.78. The molecule has 1 aromatic carbocycles. The molecule has 1 fully saturated rings. The normalized spacial score (nSPS) is 17.4. The van der Waals surface area contributed by atoms with Gasteiger partial charge in [-0.05, 0) is 30.3 Å². The number of nitrogens with two attached hydrogens (primary N) is 1. The molecule has 12 nitrogen and oxygen atoms in total. The molecule has 1 unspecified atom stereocenters. The SMILES string of the molecule is NCC(=O)N1CCN(c2ccc(-c3ccc(N4CC(CNc5ccno5)OC4=O)cc3F)cn2)C=N1. The lowest BCUT2D eigenvalue weighted by atomic mass is 10.1. The van der Waals surface area contributed by atoms with E-state index < -0.39 is 18.0 Å². The first-order valence-electron chi connectivity index (χ1n) is 11.2. The van der Waals surface area contributed by atoms with Crippen LogP contribution in [0.1, 0.15) is 0 Å². The van der Waals surface area contributed by atoms with E-state index in [0.717, 1.165) is 0 Å². The van der Waals surface area contributed by atoms with Crippen molar-refractivity contribution in [3.63, 3.8) is 0 Å². The molecule has 13 heteroatoms. The van der Waals surface area contributed by atoms with E-state index in [0.29, 0.717) is 48.2 Å². The molecule has 3 aromatic rings. The lowest BCUT2D eigenvalue weighted by Crippen LogP contribution is -2.43. The Kier molecular flexibility index (Phi) is 6.45. The fourth-order valence-electron chi connectivity index (χ4n) is 3.89. The molecular weight excluding hydrogens is 471 g/mol. The van der Waals surface area contributed by atoms with Crippen molar-refractivity contribution in [1.29, 1.82) is 0 Å². The molecule has 2 aliphatic heterocycles. The number of nitrogens with one attached hydrogen (secondary N) is 1. The van der Waals surface area contributed by atoms with Gasteiger partial charge < -0.3 is 25.2 Å². The third-order valence-electron chi connectivity index (χ3n) is 5.78.